The zero-order valence-corrected chi connectivity index (χ0v) is 16.5. The highest BCUT2D eigenvalue weighted by atomic mass is 19.4. The summed E-state index contributed by atoms with van der Waals surface area (Å²) in [7, 11) is 1.91. The first-order valence-corrected chi connectivity index (χ1v) is 9.54. The first-order valence-electron chi connectivity index (χ1n) is 9.54. The molecule has 1 aromatic heterocycles. The summed E-state index contributed by atoms with van der Waals surface area (Å²) >= 11 is 0. The fourth-order valence-electron chi connectivity index (χ4n) is 3.33. The topological polar surface area (TPSA) is 45.5 Å². The molecule has 0 saturated carbocycles. The molecule has 2 heterocycles. The van der Waals surface area contributed by atoms with E-state index in [9.17, 15) is 13.2 Å². The van der Waals surface area contributed by atoms with E-state index in [-0.39, 0.29) is 6.54 Å². The first kappa shape index (κ1) is 20.8. The van der Waals surface area contributed by atoms with E-state index in [4.69, 9.17) is 0 Å². The van der Waals surface area contributed by atoms with Crippen LogP contribution in [-0.4, -0.2) is 46.8 Å². The minimum atomic E-state index is -4.37. The Morgan fingerprint density at radius 1 is 1.38 bits per heavy atom. The monoisotopic (exact) mass is 403 g/mol. The molecule has 1 aliphatic heterocycles. The quantitative estimate of drug-likeness (QED) is 0.486. The van der Waals surface area contributed by atoms with Gasteiger partial charge in [0.15, 0.2) is 5.96 Å². The van der Waals surface area contributed by atoms with Crippen molar-refractivity contribution in [2.24, 2.45) is 12.0 Å². The predicted molar refractivity (Wildman–Crippen MR) is 106 cm³/mol. The highest BCUT2D eigenvalue weighted by Gasteiger charge is 2.30. The fourth-order valence-corrected chi connectivity index (χ4v) is 3.33. The highest BCUT2D eigenvalue weighted by molar-refractivity contribution is 5.80. The average molecular weight is 403 g/mol. The number of hydrogen-bond donors (Lipinski definition) is 1. The SMILES string of the molecule is CCNC(=NCC#Cc1cccc(C(F)(F)F)c1)N1CCC(c2cnn(C)c2)C1. The van der Waals surface area contributed by atoms with Gasteiger partial charge in [0, 0.05) is 44.4 Å². The van der Waals surface area contributed by atoms with Gasteiger partial charge in [-0.15, -0.1) is 0 Å². The Hall–Kier alpha value is -2.95. The molecule has 0 bridgehead atoms. The molecule has 154 valence electrons. The van der Waals surface area contributed by atoms with Gasteiger partial charge in [-0.1, -0.05) is 17.9 Å². The summed E-state index contributed by atoms with van der Waals surface area (Å²) in [6, 6.07) is 5.03. The molecule has 2 aromatic rings. The van der Waals surface area contributed by atoms with E-state index in [1.807, 2.05) is 26.4 Å². The lowest BCUT2D eigenvalue weighted by Crippen LogP contribution is -2.40. The molecule has 1 N–H and O–H groups in total. The van der Waals surface area contributed by atoms with Gasteiger partial charge in [0.25, 0.3) is 0 Å². The molecule has 8 heteroatoms. The minimum absolute atomic E-state index is 0.215. The van der Waals surface area contributed by atoms with Crippen LogP contribution in [0.3, 0.4) is 0 Å². The van der Waals surface area contributed by atoms with E-state index in [0.29, 0.717) is 11.5 Å². The molecular weight excluding hydrogens is 379 g/mol. The Labute approximate surface area is 168 Å². The van der Waals surface area contributed by atoms with Gasteiger partial charge in [-0.05, 0) is 37.1 Å². The van der Waals surface area contributed by atoms with Crippen LogP contribution in [0.2, 0.25) is 0 Å². The molecule has 1 unspecified atom stereocenters. The Morgan fingerprint density at radius 2 is 2.21 bits per heavy atom. The van der Waals surface area contributed by atoms with Gasteiger partial charge in [0.1, 0.15) is 6.54 Å². The third kappa shape index (κ3) is 5.53. The van der Waals surface area contributed by atoms with Gasteiger partial charge < -0.3 is 10.2 Å². The van der Waals surface area contributed by atoms with Crippen LogP contribution in [0, 0.1) is 11.8 Å². The van der Waals surface area contributed by atoms with Crippen LogP contribution in [0.5, 0.6) is 0 Å². The summed E-state index contributed by atoms with van der Waals surface area (Å²) in [6.07, 6.45) is 0.595. The van der Waals surface area contributed by atoms with Crippen molar-refractivity contribution in [2.45, 2.75) is 25.4 Å². The second-order valence-corrected chi connectivity index (χ2v) is 6.93. The number of halogens is 3. The summed E-state index contributed by atoms with van der Waals surface area (Å²) in [5, 5.41) is 7.51. The molecule has 0 aliphatic carbocycles. The molecule has 1 saturated heterocycles. The van der Waals surface area contributed by atoms with Crippen molar-refractivity contribution in [1.82, 2.24) is 20.0 Å². The third-order valence-electron chi connectivity index (χ3n) is 4.75. The van der Waals surface area contributed by atoms with E-state index < -0.39 is 11.7 Å². The van der Waals surface area contributed by atoms with Crippen molar-refractivity contribution in [1.29, 1.82) is 0 Å². The third-order valence-corrected chi connectivity index (χ3v) is 4.75. The molecule has 1 aliphatic rings. The Bertz CT molecular complexity index is 920. The standard InChI is InChI=1S/C21H24F3N5/c1-3-25-20(29-11-9-17(15-29)18-13-27-28(2)14-18)26-10-5-7-16-6-4-8-19(12-16)21(22,23)24/h4,6,8,12-14,17H,3,9-11,15H2,1-2H3,(H,25,26). The van der Waals surface area contributed by atoms with E-state index in [2.05, 4.69) is 32.1 Å². The van der Waals surface area contributed by atoms with Crippen molar-refractivity contribution in [2.75, 3.05) is 26.2 Å². The highest BCUT2D eigenvalue weighted by Crippen LogP contribution is 2.29. The van der Waals surface area contributed by atoms with Crippen molar-refractivity contribution in [3.05, 3.63) is 53.3 Å². The van der Waals surface area contributed by atoms with Crippen LogP contribution in [0.25, 0.3) is 0 Å². The number of guanidine groups is 1. The van der Waals surface area contributed by atoms with Crippen LogP contribution in [0.4, 0.5) is 13.2 Å². The molecule has 29 heavy (non-hydrogen) atoms. The Kier molecular flexibility index (Phi) is 6.47. The average Bonchev–Trinajstić information content (AvgIpc) is 3.33. The molecule has 1 fully saturated rings. The van der Waals surface area contributed by atoms with Gasteiger partial charge in [-0.25, -0.2) is 4.99 Å². The molecule has 0 radical (unpaired) electrons. The normalized spacial score (nSPS) is 17.2. The number of benzene rings is 1. The summed E-state index contributed by atoms with van der Waals surface area (Å²) in [5.74, 6) is 6.80. The van der Waals surface area contributed by atoms with Gasteiger partial charge in [0.05, 0.1) is 11.8 Å². The molecular formula is C21H24F3N5. The minimum Gasteiger partial charge on any atom is -0.356 e. The van der Waals surface area contributed by atoms with Gasteiger partial charge in [0.2, 0.25) is 0 Å². The van der Waals surface area contributed by atoms with E-state index in [1.54, 1.807) is 10.7 Å². The van der Waals surface area contributed by atoms with Crippen LogP contribution >= 0.6 is 0 Å². The maximum Gasteiger partial charge on any atom is 0.416 e. The molecule has 5 nitrogen and oxygen atoms in total. The van der Waals surface area contributed by atoms with Crippen molar-refractivity contribution >= 4 is 5.96 Å². The van der Waals surface area contributed by atoms with Gasteiger partial charge >= 0.3 is 6.18 Å². The number of nitrogens with zero attached hydrogens (tertiary/aromatic N) is 4. The number of nitrogens with one attached hydrogen (secondary N) is 1. The van der Waals surface area contributed by atoms with Crippen LogP contribution in [0.1, 0.15) is 36.0 Å². The first-order chi connectivity index (χ1) is 13.9. The Morgan fingerprint density at radius 3 is 2.90 bits per heavy atom. The van der Waals surface area contributed by atoms with Gasteiger partial charge in [-0.3, -0.25) is 4.68 Å². The molecule has 3 rings (SSSR count). The number of aliphatic imine (C=N–C) groups is 1. The molecule has 0 spiro atoms. The maximum absolute atomic E-state index is 12.8. The van der Waals surface area contributed by atoms with Crippen molar-refractivity contribution in [3.8, 4) is 11.8 Å². The number of aromatic nitrogens is 2. The summed E-state index contributed by atoms with van der Waals surface area (Å²) < 4.78 is 40.2. The van der Waals surface area contributed by atoms with E-state index in [1.165, 1.54) is 11.6 Å². The number of likely N-dealkylation sites (tertiary alicyclic amines) is 1. The zero-order valence-electron chi connectivity index (χ0n) is 16.5. The van der Waals surface area contributed by atoms with Crippen LogP contribution in [0.15, 0.2) is 41.7 Å². The lowest BCUT2D eigenvalue weighted by atomic mass is 10.0. The smallest absolute Gasteiger partial charge is 0.356 e. The predicted octanol–water partition coefficient (Wildman–Crippen LogP) is 3.25. The van der Waals surface area contributed by atoms with E-state index in [0.717, 1.165) is 44.1 Å². The summed E-state index contributed by atoms with van der Waals surface area (Å²) in [6.45, 7) is 4.67. The lowest BCUT2D eigenvalue weighted by Gasteiger charge is -2.21. The molecule has 1 aromatic carbocycles. The maximum atomic E-state index is 12.8. The number of aryl methyl sites for hydroxylation is 1. The lowest BCUT2D eigenvalue weighted by molar-refractivity contribution is -0.137. The van der Waals surface area contributed by atoms with Gasteiger partial charge in [-0.2, -0.15) is 18.3 Å². The Balaban J connectivity index is 1.64. The number of hydrogen-bond acceptors (Lipinski definition) is 2. The second-order valence-electron chi connectivity index (χ2n) is 6.93. The summed E-state index contributed by atoms with van der Waals surface area (Å²) in [5.41, 5.74) is 0.854. The van der Waals surface area contributed by atoms with Crippen molar-refractivity contribution < 1.29 is 13.2 Å². The van der Waals surface area contributed by atoms with Crippen LogP contribution < -0.4 is 5.32 Å². The zero-order chi connectivity index (χ0) is 20.9. The fraction of sp³-hybridized carbons (Fsp3) is 0.429. The molecule has 1 atom stereocenters. The molecule has 0 amide bonds. The van der Waals surface area contributed by atoms with Crippen LogP contribution in [-0.2, 0) is 13.2 Å². The van der Waals surface area contributed by atoms with E-state index >= 15 is 0 Å². The number of alkyl halides is 3. The van der Waals surface area contributed by atoms with Crippen molar-refractivity contribution in [3.63, 3.8) is 0 Å². The second kappa shape index (κ2) is 9.03. The summed E-state index contributed by atoms with van der Waals surface area (Å²) in [4.78, 5) is 6.72. The largest absolute Gasteiger partial charge is 0.416 e. The number of rotatable bonds is 3.